The minimum atomic E-state index is -1.28. The van der Waals surface area contributed by atoms with Crippen molar-refractivity contribution in [2.24, 2.45) is 5.92 Å². The molecule has 1 unspecified atom stereocenters. The molecule has 4 nitrogen and oxygen atoms in total. The number of carbonyl (C=O) groups excluding carboxylic acids is 1. The van der Waals surface area contributed by atoms with Crippen molar-refractivity contribution in [1.29, 1.82) is 0 Å². The fraction of sp³-hybridized carbons (Fsp3) is 0.833. The van der Waals surface area contributed by atoms with E-state index in [9.17, 15) is 14.7 Å². The number of hydrogen-bond acceptors (Lipinski definition) is 3. The molecule has 0 fully saturated rings. The van der Waals surface area contributed by atoms with Crippen LogP contribution in [0.5, 0.6) is 0 Å². The Morgan fingerprint density at radius 1 is 0.759 bits per heavy atom. The van der Waals surface area contributed by atoms with E-state index in [2.05, 4.69) is 19.1 Å². The van der Waals surface area contributed by atoms with E-state index in [0.29, 0.717) is 6.42 Å². The third-order valence-corrected chi connectivity index (χ3v) is 5.33. The van der Waals surface area contributed by atoms with Gasteiger partial charge in [-0.2, -0.15) is 0 Å². The molecule has 0 radical (unpaired) electrons. The van der Waals surface area contributed by atoms with Gasteiger partial charge in [0.15, 0.2) is 0 Å². The van der Waals surface area contributed by atoms with E-state index in [-0.39, 0.29) is 36.0 Å². The van der Waals surface area contributed by atoms with Crippen LogP contribution in [-0.4, -0.2) is 17.0 Å². The van der Waals surface area contributed by atoms with Gasteiger partial charge in [0.2, 0.25) is 0 Å². The van der Waals surface area contributed by atoms with Crippen LogP contribution in [0.25, 0.3) is 0 Å². The van der Waals surface area contributed by atoms with Gasteiger partial charge in [-0.3, -0.25) is 4.79 Å². The number of hydrogen-bond donors (Lipinski definition) is 1. The predicted molar refractivity (Wildman–Crippen MR) is 114 cm³/mol. The van der Waals surface area contributed by atoms with Crippen LogP contribution < -0.4 is 34.7 Å². The molecule has 0 aromatic carbocycles. The molecule has 0 aliphatic carbocycles. The van der Waals surface area contributed by atoms with Crippen molar-refractivity contribution in [3.63, 3.8) is 0 Å². The molecule has 0 saturated carbocycles. The second-order valence-electron chi connectivity index (χ2n) is 8.04. The maximum absolute atomic E-state index is 10.9. The van der Waals surface area contributed by atoms with Gasteiger partial charge in [-0.1, -0.05) is 96.1 Å². The van der Waals surface area contributed by atoms with Crippen molar-refractivity contribution in [3.05, 3.63) is 12.2 Å². The minimum absolute atomic E-state index is 0. The quantitative estimate of drug-likeness (QED) is 0.177. The van der Waals surface area contributed by atoms with E-state index < -0.39 is 17.9 Å². The van der Waals surface area contributed by atoms with Gasteiger partial charge in [0.1, 0.15) is 0 Å². The fourth-order valence-corrected chi connectivity index (χ4v) is 3.51. The second kappa shape index (κ2) is 24.0. The van der Waals surface area contributed by atoms with Gasteiger partial charge < -0.3 is 15.0 Å². The summed E-state index contributed by atoms with van der Waals surface area (Å²) in [5.74, 6) is -3.10. The number of carboxylic acid groups (broad SMARTS) is 2. The molecule has 0 aliphatic heterocycles. The first-order valence-corrected chi connectivity index (χ1v) is 11.7. The molecular formula is C24H43NaO4. The second-order valence-corrected chi connectivity index (χ2v) is 8.04. The van der Waals surface area contributed by atoms with Crippen molar-refractivity contribution >= 4 is 11.9 Å². The molecule has 0 aromatic rings. The zero-order valence-electron chi connectivity index (χ0n) is 19.1. The predicted octanol–water partition coefficient (Wildman–Crippen LogP) is 3.04. The van der Waals surface area contributed by atoms with Crippen molar-refractivity contribution in [3.8, 4) is 0 Å². The number of allylic oxidation sites excluding steroid dienone is 2. The van der Waals surface area contributed by atoms with Crippen molar-refractivity contribution in [2.45, 2.75) is 122 Å². The molecule has 164 valence electrons. The Kier molecular flexibility index (Phi) is 25.5. The van der Waals surface area contributed by atoms with Crippen LogP contribution in [0.2, 0.25) is 0 Å². The van der Waals surface area contributed by atoms with Gasteiger partial charge in [0, 0.05) is 12.4 Å². The molecule has 29 heavy (non-hydrogen) atoms. The van der Waals surface area contributed by atoms with Gasteiger partial charge in [-0.15, -0.1) is 0 Å². The summed E-state index contributed by atoms with van der Waals surface area (Å²) in [5, 5.41) is 19.5. The van der Waals surface area contributed by atoms with Gasteiger partial charge in [0.05, 0.1) is 5.92 Å². The van der Waals surface area contributed by atoms with E-state index in [1.807, 2.05) is 0 Å². The average Bonchev–Trinajstić information content (AvgIpc) is 2.65. The molecule has 0 bridgehead atoms. The maximum Gasteiger partial charge on any atom is 1.00 e. The van der Waals surface area contributed by atoms with Crippen LogP contribution in [0.15, 0.2) is 12.2 Å². The van der Waals surface area contributed by atoms with Crippen LogP contribution in [0, 0.1) is 5.92 Å². The standard InChI is InChI=1S/C24H44O4.Na/c1-2-3-4-5-6-7-8-9-10-11-12-13-14-15-16-17-18-19-20-22(24(27)28)21-23(25)26;/h12-13,22H,2-11,14-21H2,1H3,(H,25,26)(H,27,28);/q;+1/p-1/b13-12+;. The summed E-state index contributed by atoms with van der Waals surface area (Å²) < 4.78 is 0. The zero-order chi connectivity index (χ0) is 20.9. The Morgan fingerprint density at radius 3 is 1.59 bits per heavy atom. The summed E-state index contributed by atoms with van der Waals surface area (Å²) in [5.41, 5.74) is 0. The molecular weight excluding hydrogens is 375 g/mol. The number of aliphatic carboxylic acids is 2. The molecule has 0 rings (SSSR count). The average molecular weight is 419 g/mol. The summed E-state index contributed by atoms with van der Waals surface area (Å²) in [4.78, 5) is 21.5. The third-order valence-electron chi connectivity index (χ3n) is 5.33. The van der Waals surface area contributed by atoms with E-state index >= 15 is 0 Å². The molecule has 0 aliphatic rings. The SMILES string of the molecule is CCCCCCCCCCC/C=C/CCCCCCCC(CC(=O)[O-])C(=O)O.[Na+]. The topological polar surface area (TPSA) is 77.4 Å². The van der Waals surface area contributed by atoms with Crippen LogP contribution >= 0.6 is 0 Å². The van der Waals surface area contributed by atoms with Crippen LogP contribution in [-0.2, 0) is 9.59 Å². The summed E-state index contributed by atoms with van der Waals surface area (Å²) >= 11 is 0. The normalized spacial score (nSPS) is 12.0. The molecule has 0 aromatic heterocycles. The van der Waals surface area contributed by atoms with Crippen LogP contribution in [0.4, 0.5) is 0 Å². The van der Waals surface area contributed by atoms with E-state index in [1.165, 1.54) is 70.6 Å². The molecule has 5 heteroatoms. The van der Waals surface area contributed by atoms with Gasteiger partial charge in [0.25, 0.3) is 0 Å². The maximum atomic E-state index is 10.9. The number of rotatable bonds is 21. The third kappa shape index (κ3) is 23.8. The minimum Gasteiger partial charge on any atom is -0.550 e. The Bertz CT molecular complexity index is 410. The Hall–Kier alpha value is -0.320. The zero-order valence-corrected chi connectivity index (χ0v) is 21.1. The van der Waals surface area contributed by atoms with Gasteiger partial charge in [-0.25, -0.2) is 0 Å². The largest absolute Gasteiger partial charge is 1.00 e. The monoisotopic (exact) mass is 418 g/mol. The molecule has 1 atom stereocenters. The van der Waals surface area contributed by atoms with E-state index in [4.69, 9.17) is 5.11 Å². The number of unbranched alkanes of at least 4 members (excludes halogenated alkanes) is 14. The Balaban J connectivity index is 0. The molecule has 0 heterocycles. The van der Waals surface area contributed by atoms with Crippen molar-refractivity contribution in [1.82, 2.24) is 0 Å². The van der Waals surface area contributed by atoms with Gasteiger partial charge in [-0.05, 0) is 32.1 Å². The smallest absolute Gasteiger partial charge is 0.550 e. The summed E-state index contributed by atoms with van der Waals surface area (Å²) in [6.45, 7) is 2.26. The number of carboxylic acids is 2. The number of carbonyl (C=O) groups is 2. The summed E-state index contributed by atoms with van der Waals surface area (Å²) in [7, 11) is 0. The molecule has 0 saturated heterocycles. The first-order chi connectivity index (χ1) is 13.6. The van der Waals surface area contributed by atoms with Crippen LogP contribution in [0.3, 0.4) is 0 Å². The van der Waals surface area contributed by atoms with E-state index in [0.717, 1.165) is 32.1 Å². The van der Waals surface area contributed by atoms with Crippen LogP contribution in [0.1, 0.15) is 122 Å². The first kappa shape index (κ1) is 30.9. The first-order valence-electron chi connectivity index (χ1n) is 11.7. The summed E-state index contributed by atoms with van der Waals surface area (Å²) in [6.07, 6.45) is 24.5. The van der Waals surface area contributed by atoms with Crippen molar-refractivity contribution in [2.75, 3.05) is 0 Å². The Morgan fingerprint density at radius 2 is 1.17 bits per heavy atom. The van der Waals surface area contributed by atoms with E-state index in [1.54, 1.807) is 0 Å². The van der Waals surface area contributed by atoms with Gasteiger partial charge >= 0.3 is 35.5 Å². The van der Waals surface area contributed by atoms with Crippen molar-refractivity contribution < 1.29 is 49.4 Å². The fourth-order valence-electron chi connectivity index (χ4n) is 3.51. The molecule has 0 amide bonds. The Labute approximate surface area is 201 Å². The molecule has 0 spiro atoms. The molecule has 1 N–H and O–H groups in total. The summed E-state index contributed by atoms with van der Waals surface area (Å²) in [6, 6.07) is 0.